The van der Waals surface area contributed by atoms with Crippen molar-refractivity contribution >= 4 is 30.5 Å². The summed E-state index contributed by atoms with van der Waals surface area (Å²) in [5, 5.41) is 25.3. The Bertz CT molecular complexity index is 2150. The van der Waals surface area contributed by atoms with E-state index in [1.54, 1.807) is 12.1 Å². The molecule has 5 aromatic rings. The summed E-state index contributed by atoms with van der Waals surface area (Å²) in [6.45, 7) is 13.6. The molecule has 0 amide bonds. The average molecular weight is 1180 g/mol. The Morgan fingerprint density at radius 2 is 0.699 bits per heavy atom. The van der Waals surface area contributed by atoms with Crippen molar-refractivity contribution in [2.45, 2.75) is 251 Å². The lowest BCUT2D eigenvalue weighted by Crippen LogP contribution is -2.55. The second-order valence-corrected chi connectivity index (χ2v) is 26.4. The summed E-state index contributed by atoms with van der Waals surface area (Å²) in [5.41, 5.74) is 5.16. The minimum atomic E-state index is -2.46. The van der Waals surface area contributed by atoms with Crippen LogP contribution in [0.3, 0.4) is 0 Å². The average Bonchev–Trinajstić information content (AvgIpc) is 3.53. The first-order valence-electron chi connectivity index (χ1n) is 33.4. The maximum atomic E-state index is 12.1. The molecule has 2 unspecified atom stereocenters. The van der Waals surface area contributed by atoms with E-state index in [0.29, 0.717) is 15.6 Å². The second kappa shape index (κ2) is 44.9. The summed E-state index contributed by atoms with van der Waals surface area (Å²) in [4.78, 5) is 0. The summed E-state index contributed by atoms with van der Waals surface area (Å²) >= 11 is 12.3. The van der Waals surface area contributed by atoms with Crippen LogP contribution in [-0.4, -0.2) is 57.6 Å². The van der Waals surface area contributed by atoms with E-state index in [1.807, 2.05) is 67.6 Å². The van der Waals surface area contributed by atoms with Gasteiger partial charge in [0, 0.05) is 27.1 Å². The Kier molecular flexibility index (Phi) is 39.9. The molecular weight excluding hydrogens is 1060 g/mol. The fourth-order valence-electron chi connectivity index (χ4n) is 11.9. The summed E-state index contributed by atoms with van der Waals surface area (Å²) in [7, 11) is 7.02. The molecule has 0 spiro atoms. The number of halogens is 2. The van der Waals surface area contributed by atoms with E-state index >= 15 is 0 Å². The van der Waals surface area contributed by atoms with Gasteiger partial charge in [0.2, 0.25) is 0 Å². The van der Waals surface area contributed by atoms with Crippen LogP contribution >= 0.6 is 23.2 Å². The molecule has 0 saturated heterocycles. The lowest BCUT2D eigenvalue weighted by Gasteiger charge is -2.48. The standard InChI is InChI=1S/C25H25BCl2O3.2C25H46N/c1-3-4-5-24(19-8-14-22(27)15-9-19)25(31-26(29)30,20-10-6-18(2)7-11-20)21-12-16-23(28)17-13-21;2*1-4-5-6-7-8-9-10-11-12-13-14-15-16-20-23-26(2,3)24-25-21-18-17-19-22-25/h6-17,24H,3-5H2,1-2H3;2*17-19,21-22H,4-16,20,23-24H2,1-3H3/q-2;2*+1. The largest absolute Gasteiger partial charge is 0.871 e. The third-order valence-electron chi connectivity index (χ3n) is 16.8. The molecule has 5 aromatic carbocycles. The van der Waals surface area contributed by atoms with Gasteiger partial charge in [0.25, 0.3) is 0 Å². The van der Waals surface area contributed by atoms with Crippen molar-refractivity contribution < 1.29 is 23.7 Å². The number of unbranched alkanes of at least 4 members (excludes halogenated alkanes) is 27. The maximum absolute atomic E-state index is 12.1. The molecule has 0 bridgehead atoms. The van der Waals surface area contributed by atoms with E-state index in [9.17, 15) is 10.0 Å². The molecule has 0 saturated carbocycles. The quantitative estimate of drug-likeness (QED) is 0.0222. The predicted molar refractivity (Wildman–Crippen MR) is 359 cm³/mol. The van der Waals surface area contributed by atoms with Crippen molar-refractivity contribution in [1.82, 2.24) is 0 Å². The minimum Gasteiger partial charge on any atom is -0.871 e. The Morgan fingerprint density at radius 1 is 0.398 bits per heavy atom. The van der Waals surface area contributed by atoms with Gasteiger partial charge in [-0.1, -0.05) is 326 Å². The lowest BCUT2D eigenvalue weighted by molar-refractivity contribution is -0.903. The van der Waals surface area contributed by atoms with Gasteiger partial charge in [0.15, 0.2) is 0 Å². The Balaban J connectivity index is 0.000000329. The topological polar surface area (TPSA) is 55.3 Å². The van der Waals surface area contributed by atoms with Crippen molar-refractivity contribution in [2.75, 3.05) is 41.3 Å². The number of quaternary nitrogens is 2. The molecule has 0 aliphatic carbocycles. The van der Waals surface area contributed by atoms with Gasteiger partial charge in [-0.2, -0.15) is 0 Å². The Hall–Kier alpha value is -3.46. The summed E-state index contributed by atoms with van der Waals surface area (Å²) < 4.78 is 8.07. The van der Waals surface area contributed by atoms with Crippen LogP contribution in [0.2, 0.25) is 10.0 Å². The van der Waals surface area contributed by atoms with Crippen molar-refractivity contribution in [3.05, 3.63) is 177 Å². The molecule has 0 fully saturated rings. The molecule has 5 rings (SSSR count). The van der Waals surface area contributed by atoms with Crippen LogP contribution in [0.4, 0.5) is 0 Å². The summed E-state index contributed by atoms with van der Waals surface area (Å²) in [5.74, 6) is -0.279. The predicted octanol–water partition coefficient (Wildman–Crippen LogP) is 20.7. The highest BCUT2D eigenvalue weighted by molar-refractivity contribution is 6.31. The zero-order chi connectivity index (χ0) is 60.3. The highest BCUT2D eigenvalue weighted by Crippen LogP contribution is 2.49. The van der Waals surface area contributed by atoms with Crippen molar-refractivity contribution in [1.29, 1.82) is 0 Å². The molecular formula is C75H117BCl2N2O3. The zero-order valence-electron chi connectivity index (χ0n) is 54.0. The minimum absolute atomic E-state index is 0.279. The van der Waals surface area contributed by atoms with Crippen molar-refractivity contribution in [3.63, 3.8) is 0 Å². The number of nitrogens with zero attached hydrogens (tertiary/aromatic N) is 2. The second-order valence-electron chi connectivity index (χ2n) is 25.6. The molecule has 0 N–H and O–H groups in total. The van der Waals surface area contributed by atoms with Gasteiger partial charge in [0.1, 0.15) is 18.7 Å². The van der Waals surface area contributed by atoms with Gasteiger partial charge in [-0.3, -0.25) is 0 Å². The highest BCUT2D eigenvalue weighted by atomic mass is 35.5. The first kappa shape index (κ1) is 73.8. The molecule has 83 heavy (non-hydrogen) atoms. The summed E-state index contributed by atoms with van der Waals surface area (Å²) in [6.07, 6.45) is 42.9. The highest BCUT2D eigenvalue weighted by Gasteiger charge is 2.43. The van der Waals surface area contributed by atoms with Crippen LogP contribution in [0.1, 0.15) is 259 Å². The smallest absolute Gasteiger partial charge is 0.106 e. The molecule has 0 aromatic heterocycles. The molecule has 5 nitrogen and oxygen atoms in total. The van der Waals surface area contributed by atoms with E-state index in [-0.39, 0.29) is 5.92 Å². The van der Waals surface area contributed by atoms with Gasteiger partial charge >= 0.3 is 0 Å². The molecule has 462 valence electrons. The first-order valence-corrected chi connectivity index (χ1v) is 34.2. The SMILES string of the molecule is CCCCC(c1ccc(Cl)cc1)C(OB([O-])[O-])(c1ccc(C)cc1)c1ccc(Cl)cc1.CCCCCCCCCCCCCCCC[N+](C)(C)Cc1ccccc1.CCCCCCCCCCCCCCCC[N+](C)(C)Cc1ccccc1. The van der Waals surface area contributed by atoms with Gasteiger partial charge < -0.3 is 23.7 Å². The number of benzene rings is 5. The van der Waals surface area contributed by atoms with Gasteiger partial charge in [-0.25, -0.2) is 0 Å². The number of hydrogen-bond acceptors (Lipinski definition) is 3. The number of rotatable bonds is 43. The third kappa shape index (κ3) is 33.3. The zero-order valence-corrected chi connectivity index (χ0v) is 55.5. The van der Waals surface area contributed by atoms with Crippen LogP contribution < -0.4 is 10.0 Å². The molecule has 0 heterocycles. The number of aryl methyl sites for hydroxylation is 1. The fraction of sp³-hybridized carbons (Fsp3) is 0.600. The van der Waals surface area contributed by atoms with Gasteiger partial charge in [0.05, 0.1) is 48.6 Å². The lowest BCUT2D eigenvalue weighted by atomic mass is 9.70. The Morgan fingerprint density at radius 3 is 1.02 bits per heavy atom. The molecule has 2 atom stereocenters. The fourth-order valence-corrected chi connectivity index (χ4v) is 12.2. The van der Waals surface area contributed by atoms with Crippen molar-refractivity contribution in [3.8, 4) is 0 Å². The molecule has 0 aliphatic rings. The van der Waals surface area contributed by atoms with E-state index in [4.69, 9.17) is 27.9 Å². The van der Waals surface area contributed by atoms with Crippen molar-refractivity contribution in [2.24, 2.45) is 0 Å². The maximum Gasteiger partial charge on any atom is 0.106 e. The Labute approximate surface area is 520 Å². The number of hydrogen-bond donors (Lipinski definition) is 0. The monoisotopic (exact) mass is 1170 g/mol. The van der Waals surface area contributed by atoms with Crippen LogP contribution in [-0.2, 0) is 23.3 Å². The van der Waals surface area contributed by atoms with Crippen LogP contribution in [0, 0.1) is 6.92 Å². The van der Waals surface area contributed by atoms with Crippen LogP contribution in [0.5, 0.6) is 0 Å². The van der Waals surface area contributed by atoms with Crippen LogP contribution in [0.15, 0.2) is 133 Å². The van der Waals surface area contributed by atoms with Gasteiger partial charge in [-0.15, -0.1) is 0 Å². The van der Waals surface area contributed by atoms with Crippen LogP contribution in [0.25, 0.3) is 0 Å². The molecule has 0 aliphatic heterocycles. The third-order valence-corrected chi connectivity index (χ3v) is 17.3. The van der Waals surface area contributed by atoms with E-state index < -0.39 is 12.9 Å². The molecule has 0 radical (unpaired) electrons. The van der Waals surface area contributed by atoms with E-state index in [2.05, 4.69) is 110 Å². The summed E-state index contributed by atoms with van der Waals surface area (Å²) in [6, 6.07) is 44.4. The van der Waals surface area contributed by atoms with E-state index in [1.165, 1.54) is 204 Å². The molecule has 8 heteroatoms. The van der Waals surface area contributed by atoms with E-state index in [0.717, 1.165) is 58.0 Å². The normalized spacial score (nSPS) is 12.7. The first-order chi connectivity index (χ1) is 40.1. The van der Waals surface area contributed by atoms with Gasteiger partial charge in [-0.05, 0) is 80.0 Å².